The number of anilines is 1. The van der Waals surface area contributed by atoms with Crippen molar-refractivity contribution in [3.8, 4) is 11.5 Å². The van der Waals surface area contributed by atoms with Crippen LogP contribution in [0.15, 0.2) is 78.9 Å². The molecule has 2 N–H and O–H groups in total. The number of hydrogen-bond acceptors (Lipinski definition) is 4. The van der Waals surface area contributed by atoms with Gasteiger partial charge in [-0.3, -0.25) is 10.1 Å². The number of alkyl halides is 2. The molecule has 30 heavy (non-hydrogen) atoms. The van der Waals surface area contributed by atoms with Gasteiger partial charge in [-0.15, -0.1) is 0 Å². The lowest BCUT2D eigenvalue weighted by Gasteiger charge is -2.20. The summed E-state index contributed by atoms with van der Waals surface area (Å²) in [5.74, 6) is 0.575. The smallest absolute Gasteiger partial charge is 0.387 e. The maximum Gasteiger partial charge on any atom is 0.387 e. The minimum absolute atomic E-state index is 0.0564. The summed E-state index contributed by atoms with van der Waals surface area (Å²) in [4.78, 5) is 12.4. The zero-order valence-electron chi connectivity index (χ0n) is 16.3. The van der Waals surface area contributed by atoms with E-state index in [-0.39, 0.29) is 24.2 Å². The SMILES string of the molecule is COc1ccc(NC(=O)CN[C@@H](c2ccccc2)c2ccc(OC(F)F)cc2)cc1. The molecule has 0 aliphatic heterocycles. The van der Waals surface area contributed by atoms with Crippen molar-refractivity contribution in [2.45, 2.75) is 12.7 Å². The molecule has 0 heterocycles. The molecule has 0 aromatic heterocycles. The van der Waals surface area contributed by atoms with E-state index in [1.807, 2.05) is 30.3 Å². The van der Waals surface area contributed by atoms with Crippen molar-refractivity contribution in [1.82, 2.24) is 5.32 Å². The number of benzene rings is 3. The van der Waals surface area contributed by atoms with Crippen molar-refractivity contribution >= 4 is 11.6 Å². The predicted molar refractivity (Wildman–Crippen MR) is 111 cm³/mol. The molecule has 0 spiro atoms. The Morgan fingerprint density at radius 1 is 0.867 bits per heavy atom. The molecule has 3 aromatic rings. The van der Waals surface area contributed by atoms with Crippen molar-refractivity contribution in [1.29, 1.82) is 0 Å². The lowest BCUT2D eigenvalue weighted by atomic mass is 9.98. The highest BCUT2D eigenvalue weighted by molar-refractivity contribution is 5.92. The van der Waals surface area contributed by atoms with Crippen LogP contribution in [0.5, 0.6) is 11.5 Å². The summed E-state index contributed by atoms with van der Waals surface area (Å²) in [7, 11) is 1.58. The molecule has 3 aromatic carbocycles. The number of rotatable bonds is 9. The second-order valence-electron chi connectivity index (χ2n) is 6.45. The van der Waals surface area contributed by atoms with Gasteiger partial charge in [-0.1, -0.05) is 42.5 Å². The van der Waals surface area contributed by atoms with Gasteiger partial charge in [0, 0.05) is 5.69 Å². The van der Waals surface area contributed by atoms with Crippen LogP contribution in [0.1, 0.15) is 17.2 Å². The average molecular weight is 412 g/mol. The quantitative estimate of drug-likeness (QED) is 0.539. The molecule has 0 saturated carbocycles. The van der Waals surface area contributed by atoms with Crippen molar-refractivity contribution in [3.63, 3.8) is 0 Å². The zero-order valence-corrected chi connectivity index (χ0v) is 16.3. The Kier molecular flexibility index (Phi) is 7.34. The molecule has 7 heteroatoms. The molecule has 5 nitrogen and oxygen atoms in total. The normalized spacial score (nSPS) is 11.7. The van der Waals surface area contributed by atoms with Crippen molar-refractivity contribution < 1.29 is 23.0 Å². The van der Waals surface area contributed by atoms with Gasteiger partial charge in [-0.05, 0) is 47.5 Å². The van der Waals surface area contributed by atoms with Crippen molar-refractivity contribution in [2.24, 2.45) is 0 Å². The number of nitrogens with one attached hydrogen (secondary N) is 2. The molecule has 0 fully saturated rings. The predicted octanol–water partition coefficient (Wildman–Crippen LogP) is 4.61. The van der Waals surface area contributed by atoms with E-state index in [1.54, 1.807) is 43.5 Å². The third kappa shape index (κ3) is 6.02. The second kappa shape index (κ2) is 10.4. The van der Waals surface area contributed by atoms with Gasteiger partial charge in [-0.2, -0.15) is 8.78 Å². The Labute approximate surface area is 173 Å². The van der Waals surface area contributed by atoms with E-state index in [0.29, 0.717) is 11.4 Å². The first kappa shape index (κ1) is 21.3. The lowest BCUT2D eigenvalue weighted by Crippen LogP contribution is -2.31. The number of ether oxygens (including phenoxy) is 2. The van der Waals surface area contributed by atoms with Gasteiger partial charge in [0.1, 0.15) is 11.5 Å². The Morgan fingerprint density at radius 3 is 2.07 bits per heavy atom. The molecule has 156 valence electrons. The van der Waals surface area contributed by atoms with Gasteiger partial charge in [0.2, 0.25) is 5.91 Å². The zero-order chi connectivity index (χ0) is 21.3. The maximum atomic E-state index is 12.4. The Balaban J connectivity index is 1.69. The monoisotopic (exact) mass is 412 g/mol. The maximum absolute atomic E-state index is 12.4. The highest BCUT2D eigenvalue weighted by Gasteiger charge is 2.16. The molecule has 0 aliphatic carbocycles. The van der Waals surface area contributed by atoms with Crippen LogP contribution in [0, 0.1) is 0 Å². The van der Waals surface area contributed by atoms with Gasteiger partial charge in [0.15, 0.2) is 0 Å². The summed E-state index contributed by atoms with van der Waals surface area (Å²) < 4.78 is 34.3. The van der Waals surface area contributed by atoms with Gasteiger partial charge in [0.05, 0.1) is 19.7 Å². The van der Waals surface area contributed by atoms with Gasteiger partial charge in [-0.25, -0.2) is 0 Å². The van der Waals surface area contributed by atoms with Crippen LogP contribution >= 0.6 is 0 Å². The van der Waals surface area contributed by atoms with E-state index in [9.17, 15) is 13.6 Å². The van der Waals surface area contributed by atoms with Crippen LogP contribution in [0.4, 0.5) is 14.5 Å². The standard InChI is InChI=1S/C23H22F2N2O3/c1-29-19-13-9-18(10-14-19)27-21(28)15-26-22(16-5-3-2-4-6-16)17-7-11-20(12-8-17)30-23(24)25/h2-14,22-23,26H,15H2,1H3,(H,27,28)/t22-/m0/s1. The highest BCUT2D eigenvalue weighted by atomic mass is 19.3. The summed E-state index contributed by atoms with van der Waals surface area (Å²) in [5.41, 5.74) is 2.42. The summed E-state index contributed by atoms with van der Waals surface area (Å²) in [6.45, 7) is -2.82. The third-order valence-corrected chi connectivity index (χ3v) is 4.41. The number of carbonyl (C=O) groups is 1. The molecule has 3 rings (SSSR count). The first-order valence-corrected chi connectivity index (χ1v) is 9.32. The van der Waals surface area contributed by atoms with Crippen molar-refractivity contribution in [3.05, 3.63) is 90.0 Å². The van der Waals surface area contributed by atoms with Gasteiger partial charge < -0.3 is 14.8 Å². The van der Waals surface area contributed by atoms with E-state index in [4.69, 9.17) is 4.74 Å². The van der Waals surface area contributed by atoms with E-state index in [2.05, 4.69) is 15.4 Å². The van der Waals surface area contributed by atoms with Crippen LogP contribution < -0.4 is 20.1 Å². The fourth-order valence-electron chi connectivity index (χ4n) is 2.99. The van der Waals surface area contributed by atoms with E-state index < -0.39 is 6.61 Å². The van der Waals surface area contributed by atoms with E-state index in [1.165, 1.54) is 12.1 Å². The first-order chi connectivity index (χ1) is 14.5. The number of halogens is 2. The first-order valence-electron chi connectivity index (χ1n) is 9.32. The Bertz CT molecular complexity index is 933. The Hall–Kier alpha value is -3.45. The molecule has 1 amide bonds. The van der Waals surface area contributed by atoms with Crippen LogP contribution in [-0.2, 0) is 4.79 Å². The summed E-state index contributed by atoms with van der Waals surface area (Å²) in [5, 5.41) is 6.05. The van der Waals surface area contributed by atoms with Gasteiger partial charge in [0.25, 0.3) is 0 Å². The van der Waals surface area contributed by atoms with Gasteiger partial charge >= 0.3 is 6.61 Å². The number of amides is 1. The van der Waals surface area contributed by atoms with Crippen LogP contribution in [0.25, 0.3) is 0 Å². The number of methoxy groups -OCH3 is 1. The minimum Gasteiger partial charge on any atom is -0.497 e. The fraction of sp³-hybridized carbons (Fsp3) is 0.174. The van der Waals surface area contributed by atoms with Crippen molar-refractivity contribution in [2.75, 3.05) is 19.0 Å². The van der Waals surface area contributed by atoms with E-state index >= 15 is 0 Å². The summed E-state index contributed by atoms with van der Waals surface area (Å²) in [6.07, 6.45) is 0. The Morgan fingerprint density at radius 2 is 1.47 bits per heavy atom. The molecule has 0 aliphatic rings. The lowest BCUT2D eigenvalue weighted by molar-refractivity contribution is -0.115. The number of hydrogen-bond donors (Lipinski definition) is 2. The molecule has 0 bridgehead atoms. The van der Waals surface area contributed by atoms with Crippen LogP contribution in [0.3, 0.4) is 0 Å². The summed E-state index contributed by atoms with van der Waals surface area (Å²) >= 11 is 0. The number of carbonyl (C=O) groups excluding carboxylic acids is 1. The van der Waals surface area contributed by atoms with Crippen LogP contribution in [-0.4, -0.2) is 26.2 Å². The molecule has 1 atom stereocenters. The minimum atomic E-state index is -2.87. The second-order valence-corrected chi connectivity index (χ2v) is 6.45. The topological polar surface area (TPSA) is 59.6 Å². The molecule has 0 unspecified atom stereocenters. The molecular formula is C23H22F2N2O3. The molecule has 0 saturated heterocycles. The molecular weight excluding hydrogens is 390 g/mol. The molecule has 0 radical (unpaired) electrons. The summed E-state index contributed by atoms with van der Waals surface area (Å²) in [6, 6.07) is 22.7. The van der Waals surface area contributed by atoms with E-state index in [0.717, 1.165) is 11.1 Å². The van der Waals surface area contributed by atoms with Crippen LogP contribution in [0.2, 0.25) is 0 Å². The largest absolute Gasteiger partial charge is 0.497 e. The average Bonchev–Trinajstić information content (AvgIpc) is 2.76. The fourth-order valence-corrected chi connectivity index (χ4v) is 2.99. The highest BCUT2D eigenvalue weighted by Crippen LogP contribution is 2.25. The third-order valence-electron chi connectivity index (χ3n) is 4.41.